The average molecular weight is 777 g/mol. The Labute approximate surface area is 336 Å². The van der Waals surface area contributed by atoms with E-state index in [-0.39, 0.29) is 19.8 Å². The molecule has 0 radical (unpaired) electrons. The summed E-state index contributed by atoms with van der Waals surface area (Å²) >= 11 is 0. The van der Waals surface area contributed by atoms with Gasteiger partial charge in [-0.2, -0.15) is 0 Å². The fourth-order valence-electron chi connectivity index (χ4n) is 9.16. The van der Waals surface area contributed by atoms with Gasteiger partial charge in [-0.1, -0.05) is 127 Å². The van der Waals surface area contributed by atoms with Crippen molar-refractivity contribution in [3.63, 3.8) is 0 Å². The molecule has 2 fully saturated rings. The predicted molar refractivity (Wildman–Crippen MR) is 218 cm³/mol. The van der Waals surface area contributed by atoms with Gasteiger partial charge in [0, 0.05) is 6.54 Å². The van der Waals surface area contributed by atoms with Gasteiger partial charge < -0.3 is 25.2 Å². The number of esters is 1. The van der Waals surface area contributed by atoms with E-state index in [2.05, 4.69) is 17.2 Å². The SMILES string of the molecule is C=CCNC(=O)[C@@H]1[C@H]2C(=O)O[C@H](c3ccccc3)[C@H](c3ccccc3)N2[C@H](c2cccc(OCCO)c2)[C@@]12C(=O)N(C(=O)N[C@H](C)c1ccccc1)c1ccccc12. The number of fused-ring (bicyclic) bond motifs is 3. The summed E-state index contributed by atoms with van der Waals surface area (Å²) in [4.78, 5) is 63.8. The van der Waals surface area contributed by atoms with Crippen molar-refractivity contribution in [2.45, 2.75) is 42.6 Å². The van der Waals surface area contributed by atoms with E-state index in [1.54, 1.807) is 42.5 Å². The number of carbonyl (C=O) groups excluding carboxylic acids is 4. The first-order valence-electron chi connectivity index (χ1n) is 19.4. The molecule has 5 aromatic carbocycles. The predicted octanol–water partition coefficient (Wildman–Crippen LogP) is 6.50. The first kappa shape index (κ1) is 38.3. The second-order valence-electron chi connectivity index (χ2n) is 14.7. The Morgan fingerprint density at radius 2 is 1.48 bits per heavy atom. The molecule has 3 heterocycles. The molecule has 1 spiro atoms. The van der Waals surface area contributed by atoms with Crippen LogP contribution in [0.1, 0.15) is 59.0 Å². The third-order valence-electron chi connectivity index (χ3n) is 11.4. The van der Waals surface area contributed by atoms with E-state index in [1.165, 1.54) is 6.08 Å². The maximum atomic E-state index is 16.0. The quantitative estimate of drug-likeness (QED) is 0.102. The number of aliphatic hydroxyl groups excluding tert-OH is 1. The minimum Gasteiger partial charge on any atom is -0.491 e. The Hall–Kier alpha value is -6.56. The van der Waals surface area contributed by atoms with Crippen molar-refractivity contribution in [1.82, 2.24) is 15.5 Å². The van der Waals surface area contributed by atoms with Crippen LogP contribution in [0.25, 0.3) is 0 Å². The first-order valence-corrected chi connectivity index (χ1v) is 19.4. The molecule has 5 aromatic rings. The molecule has 2 saturated heterocycles. The molecule has 4 amide bonds. The fraction of sp³-hybridized carbons (Fsp3) is 0.234. The highest BCUT2D eigenvalue weighted by atomic mass is 16.6. The second-order valence-corrected chi connectivity index (χ2v) is 14.7. The van der Waals surface area contributed by atoms with Gasteiger partial charge in [0.15, 0.2) is 0 Å². The third kappa shape index (κ3) is 6.42. The number of carbonyl (C=O) groups is 4. The molecular weight excluding hydrogens is 733 g/mol. The molecule has 58 heavy (non-hydrogen) atoms. The molecule has 0 aliphatic carbocycles. The number of nitrogens with zero attached hydrogens (tertiary/aromatic N) is 2. The van der Waals surface area contributed by atoms with Crippen LogP contribution in [0.15, 0.2) is 152 Å². The molecule has 7 atom stereocenters. The van der Waals surface area contributed by atoms with Gasteiger partial charge in [0.1, 0.15) is 29.9 Å². The zero-order valence-corrected chi connectivity index (χ0v) is 31.9. The first-order chi connectivity index (χ1) is 28.3. The number of hydrogen-bond donors (Lipinski definition) is 3. The van der Waals surface area contributed by atoms with Crippen LogP contribution in [-0.4, -0.2) is 59.6 Å². The van der Waals surface area contributed by atoms with Crippen molar-refractivity contribution >= 4 is 29.5 Å². The number of imide groups is 1. The monoisotopic (exact) mass is 776 g/mol. The van der Waals surface area contributed by atoms with E-state index in [1.807, 2.05) is 109 Å². The number of cyclic esters (lactones) is 1. The van der Waals surface area contributed by atoms with Crippen molar-refractivity contribution in [2.24, 2.45) is 5.92 Å². The lowest BCUT2D eigenvalue weighted by atomic mass is 9.65. The van der Waals surface area contributed by atoms with Gasteiger partial charge in [-0.3, -0.25) is 19.3 Å². The number of amides is 4. The summed E-state index contributed by atoms with van der Waals surface area (Å²) in [6, 6.07) is 38.3. The van der Waals surface area contributed by atoms with Crippen molar-refractivity contribution in [3.8, 4) is 5.75 Å². The number of nitrogens with one attached hydrogen (secondary N) is 2. The number of aliphatic hydroxyl groups is 1. The van der Waals surface area contributed by atoms with Gasteiger partial charge in [-0.15, -0.1) is 6.58 Å². The second kappa shape index (κ2) is 16.1. The number of hydrogen-bond acceptors (Lipinski definition) is 8. The summed E-state index contributed by atoms with van der Waals surface area (Å²) in [5, 5.41) is 15.6. The van der Waals surface area contributed by atoms with Crippen LogP contribution in [0, 0.1) is 5.92 Å². The normalized spacial score (nSPS) is 24.0. The molecule has 0 unspecified atom stereocenters. The molecule has 0 bridgehead atoms. The van der Waals surface area contributed by atoms with E-state index in [4.69, 9.17) is 9.47 Å². The number of morpholine rings is 1. The van der Waals surface area contributed by atoms with Gasteiger partial charge in [0.25, 0.3) is 0 Å². The standard InChI is InChI=1S/C47H44N4O7/c1-3-26-48-43(53)38-40-44(54)58-41(33-20-11-6-12-21-33)39(32-18-9-5-10-19-32)51(40)42(34-22-15-23-35(29-34)57-28-27-52)47(38)36-24-13-14-25-37(36)50(45(47)55)46(56)49-30(2)31-16-7-4-8-17-31/h3-25,29-30,38-42,52H,1,26-28H2,2H3,(H,48,53)(H,49,56)/t30-,38+,39+,40+,41-,42-,47+/m1/s1. The van der Waals surface area contributed by atoms with Crippen molar-refractivity contribution < 1.29 is 33.8 Å². The van der Waals surface area contributed by atoms with Crippen LogP contribution in [-0.2, 0) is 24.5 Å². The Morgan fingerprint density at radius 3 is 2.17 bits per heavy atom. The molecule has 11 heteroatoms. The molecule has 11 nitrogen and oxygen atoms in total. The molecular formula is C47H44N4O7. The summed E-state index contributed by atoms with van der Waals surface area (Å²) in [5.41, 5.74) is 1.76. The number of rotatable bonds is 11. The van der Waals surface area contributed by atoms with Gasteiger partial charge >= 0.3 is 12.0 Å². The molecule has 3 aliphatic heterocycles. The van der Waals surface area contributed by atoms with Crippen LogP contribution in [0.2, 0.25) is 0 Å². The van der Waals surface area contributed by atoms with Gasteiger partial charge in [-0.05, 0) is 52.9 Å². The van der Waals surface area contributed by atoms with E-state index in [9.17, 15) is 14.7 Å². The summed E-state index contributed by atoms with van der Waals surface area (Å²) in [6.45, 7) is 5.48. The van der Waals surface area contributed by atoms with E-state index < -0.39 is 65.4 Å². The van der Waals surface area contributed by atoms with Gasteiger partial charge in [0.2, 0.25) is 11.8 Å². The highest BCUT2D eigenvalue weighted by Crippen LogP contribution is 2.65. The summed E-state index contributed by atoms with van der Waals surface area (Å²) in [5.74, 6) is -2.90. The highest BCUT2D eigenvalue weighted by molar-refractivity contribution is 6.24. The Balaban J connectivity index is 1.40. The van der Waals surface area contributed by atoms with Crippen molar-refractivity contribution in [2.75, 3.05) is 24.7 Å². The van der Waals surface area contributed by atoms with E-state index in [0.717, 1.165) is 21.6 Å². The van der Waals surface area contributed by atoms with Gasteiger partial charge in [0.05, 0.1) is 36.3 Å². The third-order valence-corrected chi connectivity index (χ3v) is 11.4. The average Bonchev–Trinajstić information content (AvgIpc) is 3.72. The van der Waals surface area contributed by atoms with Crippen LogP contribution < -0.4 is 20.3 Å². The van der Waals surface area contributed by atoms with Crippen molar-refractivity contribution in [1.29, 1.82) is 0 Å². The van der Waals surface area contributed by atoms with Crippen LogP contribution in [0.4, 0.5) is 10.5 Å². The summed E-state index contributed by atoms with van der Waals surface area (Å²) < 4.78 is 12.4. The topological polar surface area (TPSA) is 138 Å². The van der Waals surface area contributed by atoms with Gasteiger partial charge in [-0.25, -0.2) is 9.69 Å². The summed E-state index contributed by atoms with van der Waals surface area (Å²) in [7, 11) is 0. The Morgan fingerprint density at radius 1 is 0.845 bits per heavy atom. The maximum Gasteiger partial charge on any atom is 0.329 e. The van der Waals surface area contributed by atoms with Crippen LogP contribution in [0.3, 0.4) is 0 Å². The molecule has 3 N–H and O–H groups in total. The van der Waals surface area contributed by atoms with Crippen LogP contribution >= 0.6 is 0 Å². The lowest BCUT2D eigenvalue weighted by Crippen LogP contribution is -2.56. The number of ether oxygens (including phenoxy) is 2. The van der Waals surface area contributed by atoms with E-state index in [0.29, 0.717) is 22.6 Å². The minimum atomic E-state index is -1.87. The molecule has 294 valence electrons. The zero-order chi connectivity index (χ0) is 40.4. The molecule has 3 aliphatic rings. The summed E-state index contributed by atoms with van der Waals surface area (Å²) in [6.07, 6.45) is 0.678. The zero-order valence-electron chi connectivity index (χ0n) is 31.9. The smallest absolute Gasteiger partial charge is 0.329 e. The highest BCUT2D eigenvalue weighted by Gasteiger charge is 2.75. The molecule has 8 rings (SSSR count). The molecule has 0 saturated carbocycles. The van der Waals surface area contributed by atoms with E-state index >= 15 is 9.59 Å². The largest absolute Gasteiger partial charge is 0.491 e. The number of benzene rings is 5. The fourth-order valence-corrected chi connectivity index (χ4v) is 9.16. The number of urea groups is 1. The lowest BCUT2D eigenvalue weighted by molar-refractivity contribution is -0.178. The lowest BCUT2D eigenvalue weighted by Gasteiger charge is -2.46. The minimum absolute atomic E-state index is 0.0164. The molecule has 0 aromatic heterocycles. The number of anilines is 1. The maximum absolute atomic E-state index is 16.0. The Kier molecular flexibility index (Phi) is 10.7. The van der Waals surface area contributed by atoms with Crippen molar-refractivity contribution in [3.05, 3.63) is 180 Å². The van der Waals surface area contributed by atoms with Crippen LogP contribution in [0.5, 0.6) is 5.75 Å². The number of para-hydroxylation sites is 1. The Bertz CT molecular complexity index is 2320.